The van der Waals surface area contributed by atoms with Crippen molar-refractivity contribution in [3.63, 3.8) is 0 Å². The first-order valence-electron chi connectivity index (χ1n) is 9.46. The van der Waals surface area contributed by atoms with Gasteiger partial charge in [-0.2, -0.15) is 0 Å². The first-order valence-corrected chi connectivity index (χ1v) is 10.9. The summed E-state index contributed by atoms with van der Waals surface area (Å²) < 4.78 is 26.7. The fraction of sp³-hybridized carbons (Fsp3) is 0.526. The minimum atomic E-state index is -3.61. The molecule has 0 unspecified atom stereocenters. The Morgan fingerprint density at radius 2 is 1.61 bits per heavy atom. The molecule has 1 aliphatic heterocycles. The van der Waals surface area contributed by atoms with Gasteiger partial charge in [0.1, 0.15) is 6.54 Å². The van der Waals surface area contributed by atoms with E-state index >= 15 is 0 Å². The SMILES string of the molecule is CC(C)NS(=O)(=O)c1ccc(NC(=O)CN2C(=O)[C@@H]3CCCC[C@H]3C2=O)cc1. The van der Waals surface area contributed by atoms with Crippen LogP contribution in [0.3, 0.4) is 0 Å². The highest BCUT2D eigenvalue weighted by molar-refractivity contribution is 7.89. The van der Waals surface area contributed by atoms with Crippen LogP contribution >= 0.6 is 0 Å². The van der Waals surface area contributed by atoms with E-state index in [1.807, 2.05) is 0 Å². The molecule has 1 saturated carbocycles. The van der Waals surface area contributed by atoms with E-state index in [-0.39, 0.29) is 41.1 Å². The number of rotatable bonds is 6. The van der Waals surface area contributed by atoms with Crippen molar-refractivity contribution in [2.75, 3.05) is 11.9 Å². The first-order chi connectivity index (χ1) is 13.2. The number of hydrogen-bond acceptors (Lipinski definition) is 5. The van der Waals surface area contributed by atoms with E-state index in [1.54, 1.807) is 13.8 Å². The molecule has 3 amide bonds. The van der Waals surface area contributed by atoms with Crippen LogP contribution in [0.5, 0.6) is 0 Å². The molecule has 2 fully saturated rings. The Labute approximate surface area is 164 Å². The predicted octanol–water partition coefficient (Wildman–Crippen LogP) is 1.49. The van der Waals surface area contributed by atoms with Gasteiger partial charge in [-0.15, -0.1) is 0 Å². The molecule has 0 spiro atoms. The summed E-state index contributed by atoms with van der Waals surface area (Å²) in [6, 6.07) is 5.49. The van der Waals surface area contributed by atoms with Crippen molar-refractivity contribution in [2.45, 2.75) is 50.5 Å². The third-order valence-corrected chi connectivity index (χ3v) is 6.75. The molecular formula is C19H25N3O5S. The average Bonchev–Trinajstić information content (AvgIpc) is 2.86. The molecule has 0 bridgehead atoms. The molecule has 28 heavy (non-hydrogen) atoms. The maximum Gasteiger partial charge on any atom is 0.244 e. The smallest absolute Gasteiger partial charge is 0.244 e. The lowest BCUT2D eigenvalue weighted by atomic mass is 9.81. The molecule has 2 aliphatic rings. The van der Waals surface area contributed by atoms with Gasteiger partial charge in [0, 0.05) is 11.7 Å². The highest BCUT2D eigenvalue weighted by atomic mass is 32.2. The minimum Gasteiger partial charge on any atom is -0.325 e. The quantitative estimate of drug-likeness (QED) is 0.694. The highest BCUT2D eigenvalue weighted by Gasteiger charge is 2.48. The number of benzene rings is 1. The average molecular weight is 407 g/mol. The van der Waals surface area contributed by atoms with Crippen molar-refractivity contribution < 1.29 is 22.8 Å². The Morgan fingerprint density at radius 1 is 1.07 bits per heavy atom. The zero-order chi connectivity index (χ0) is 20.5. The van der Waals surface area contributed by atoms with E-state index in [0.29, 0.717) is 18.5 Å². The number of anilines is 1. The standard InChI is InChI=1S/C19H25N3O5S/c1-12(2)21-28(26,27)14-9-7-13(8-10-14)20-17(23)11-22-18(24)15-5-3-4-6-16(15)19(22)25/h7-10,12,15-16,21H,3-6,11H2,1-2H3,(H,20,23)/t15-,16-/m1/s1. The summed E-state index contributed by atoms with van der Waals surface area (Å²) in [5, 5.41) is 2.61. The fourth-order valence-corrected chi connectivity index (χ4v) is 5.08. The molecule has 1 aliphatic carbocycles. The summed E-state index contributed by atoms with van der Waals surface area (Å²) in [5.74, 6) is -1.58. The molecule has 3 rings (SSSR count). The van der Waals surface area contributed by atoms with Gasteiger partial charge in [0.25, 0.3) is 0 Å². The van der Waals surface area contributed by atoms with E-state index in [9.17, 15) is 22.8 Å². The molecule has 0 radical (unpaired) electrons. The van der Waals surface area contributed by atoms with E-state index in [1.165, 1.54) is 24.3 Å². The Bertz CT molecular complexity index is 855. The summed E-state index contributed by atoms with van der Waals surface area (Å²) >= 11 is 0. The molecule has 9 heteroatoms. The minimum absolute atomic E-state index is 0.0909. The Balaban J connectivity index is 1.62. The molecule has 2 N–H and O–H groups in total. The maximum absolute atomic E-state index is 12.4. The summed E-state index contributed by atoms with van der Waals surface area (Å²) in [4.78, 5) is 38.3. The van der Waals surface area contributed by atoms with Crippen LogP contribution in [0.1, 0.15) is 39.5 Å². The van der Waals surface area contributed by atoms with Crippen molar-refractivity contribution in [3.05, 3.63) is 24.3 Å². The summed E-state index contributed by atoms with van der Waals surface area (Å²) in [5.41, 5.74) is 0.394. The lowest BCUT2D eigenvalue weighted by Crippen LogP contribution is -2.38. The van der Waals surface area contributed by atoms with Gasteiger partial charge in [0.2, 0.25) is 27.7 Å². The lowest BCUT2D eigenvalue weighted by Gasteiger charge is -2.19. The van der Waals surface area contributed by atoms with Crippen LogP contribution in [-0.4, -0.2) is 43.6 Å². The molecule has 8 nitrogen and oxygen atoms in total. The van der Waals surface area contributed by atoms with Gasteiger partial charge in [-0.25, -0.2) is 13.1 Å². The predicted molar refractivity (Wildman–Crippen MR) is 103 cm³/mol. The van der Waals surface area contributed by atoms with Crippen LogP contribution in [0.25, 0.3) is 0 Å². The van der Waals surface area contributed by atoms with Crippen molar-refractivity contribution in [2.24, 2.45) is 11.8 Å². The van der Waals surface area contributed by atoms with Crippen LogP contribution < -0.4 is 10.0 Å². The van der Waals surface area contributed by atoms with Gasteiger partial charge in [-0.1, -0.05) is 12.8 Å². The largest absolute Gasteiger partial charge is 0.325 e. The number of hydrogen-bond donors (Lipinski definition) is 2. The van der Waals surface area contributed by atoms with Crippen molar-refractivity contribution >= 4 is 33.4 Å². The van der Waals surface area contributed by atoms with Crippen molar-refractivity contribution in [1.29, 1.82) is 0 Å². The number of fused-ring (bicyclic) bond motifs is 1. The van der Waals surface area contributed by atoms with Crippen molar-refractivity contribution in [1.82, 2.24) is 9.62 Å². The van der Waals surface area contributed by atoms with Gasteiger partial charge < -0.3 is 5.32 Å². The molecule has 1 saturated heterocycles. The second-order valence-electron chi connectivity index (χ2n) is 7.61. The van der Waals surface area contributed by atoms with Crippen LogP contribution in [-0.2, 0) is 24.4 Å². The zero-order valence-corrected chi connectivity index (χ0v) is 16.8. The number of amides is 3. The molecule has 152 valence electrons. The number of imide groups is 1. The van der Waals surface area contributed by atoms with Crippen molar-refractivity contribution in [3.8, 4) is 0 Å². The molecular weight excluding hydrogens is 382 g/mol. The van der Waals surface area contributed by atoms with E-state index in [0.717, 1.165) is 17.7 Å². The van der Waals surface area contributed by atoms with Crippen LogP contribution in [0.15, 0.2) is 29.2 Å². The first kappa shape index (κ1) is 20.5. The number of carbonyl (C=O) groups is 3. The Kier molecular flexibility index (Phi) is 5.85. The van der Waals surface area contributed by atoms with Crippen LogP contribution in [0, 0.1) is 11.8 Å². The van der Waals surface area contributed by atoms with E-state index < -0.39 is 15.9 Å². The number of carbonyl (C=O) groups excluding carboxylic acids is 3. The number of likely N-dealkylation sites (tertiary alicyclic amines) is 1. The highest BCUT2D eigenvalue weighted by Crippen LogP contribution is 2.37. The topological polar surface area (TPSA) is 113 Å². The number of nitrogens with one attached hydrogen (secondary N) is 2. The van der Waals surface area contributed by atoms with Gasteiger partial charge in [0.05, 0.1) is 16.7 Å². The van der Waals surface area contributed by atoms with E-state index in [4.69, 9.17) is 0 Å². The normalized spacial score (nSPS) is 22.5. The van der Waals surface area contributed by atoms with Gasteiger partial charge in [-0.05, 0) is 51.0 Å². The molecule has 2 atom stereocenters. The van der Waals surface area contributed by atoms with Gasteiger partial charge >= 0.3 is 0 Å². The Hall–Kier alpha value is -2.26. The molecule has 1 aromatic carbocycles. The Morgan fingerprint density at radius 3 is 2.11 bits per heavy atom. The van der Waals surface area contributed by atoms with Crippen LogP contribution in [0.2, 0.25) is 0 Å². The molecule has 0 aromatic heterocycles. The summed E-state index contributed by atoms with van der Waals surface area (Å²) in [6.45, 7) is 3.13. The zero-order valence-electron chi connectivity index (χ0n) is 16.0. The fourth-order valence-electron chi connectivity index (χ4n) is 3.83. The second-order valence-corrected chi connectivity index (χ2v) is 9.32. The van der Waals surface area contributed by atoms with Crippen LogP contribution in [0.4, 0.5) is 5.69 Å². The number of nitrogens with zero attached hydrogens (tertiary/aromatic N) is 1. The van der Waals surface area contributed by atoms with Gasteiger partial charge in [0.15, 0.2) is 0 Å². The second kappa shape index (κ2) is 8.00. The third-order valence-electron chi connectivity index (χ3n) is 5.07. The summed E-state index contributed by atoms with van der Waals surface area (Å²) in [7, 11) is -3.61. The molecule has 1 heterocycles. The lowest BCUT2D eigenvalue weighted by molar-refractivity contribution is -0.142. The third kappa shape index (κ3) is 4.25. The maximum atomic E-state index is 12.4. The summed E-state index contributed by atoms with van der Waals surface area (Å²) in [6.07, 6.45) is 3.27. The van der Waals surface area contributed by atoms with Gasteiger partial charge in [-0.3, -0.25) is 19.3 Å². The van der Waals surface area contributed by atoms with E-state index in [2.05, 4.69) is 10.0 Å². The monoisotopic (exact) mass is 407 g/mol. The molecule has 1 aromatic rings. The number of sulfonamides is 1.